The Hall–Kier alpha value is -3.03. The number of carbonyl (C=O) groups excluding carboxylic acids is 2. The minimum Gasteiger partial charge on any atom is -0.497 e. The number of primary amides is 1. The Balaban J connectivity index is 1.98. The van der Waals surface area contributed by atoms with Crippen LogP contribution in [0.3, 0.4) is 0 Å². The summed E-state index contributed by atoms with van der Waals surface area (Å²) in [6, 6.07) is 6.52. The van der Waals surface area contributed by atoms with Crippen LogP contribution in [0.25, 0.3) is 0 Å². The molecule has 0 aliphatic heterocycles. The molecule has 0 bridgehead atoms. The van der Waals surface area contributed by atoms with Gasteiger partial charge >= 0.3 is 6.03 Å². The molecule has 8 nitrogen and oxygen atoms in total. The maximum absolute atomic E-state index is 12.0. The van der Waals surface area contributed by atoms with E-state index in [0.717, 1.165) is 11.3 Å². The van der Waals surface area contributed by atoms with Crippen molar-refractivity contribution in [1.82, 2.24) is 15.5 Å². The van der Waals surface area contributed by atoms with Crippen LogP contribution in [0.1, 0.15) is 16.1 Å². The lowest BCUT2D eigenvalue weighted by molar-refractivity contribution is 0.0947. The maximum Gasteiger partial charge on any atom is 0.316 e. The van der Waals surface area contributed by atoms with Crippen molar-refractivity contribution >= 4 is 17.6 Å². The van der Waals surface area contributed by atoms with Gasteiger partial charge in [0.15, 0.2) is 5.69 Å². The monoisotopic (exact) mass is 289 g/mol. The van der Waals surface area contributed by atoms with Crippen LogP contribution >= 0.6 is 0 Å². The van der Waals surface area contributed by atoms with Crippen molar-refractivity contribution in [1.29, 1.82) is 0 Å². The van der Waals surface area contributed by atoms with Gasteiger partial charge in [-0.3, -0.25) is 9.89 Å². The number of hydrogen-bond donors (Lipinski definition) is 4. The molecule has 0 saturated carbocycles. The van der Waals surface area contributed by atoms with Gasteiger partial charge in [-0.05, 0) is 17.7 Å². The van der Waals surface area contributed by atoms with E-state index < -0.39 is 11.9 Å². The molecular formula is C13H15N5O3. The SMILES string of the molecule is COc1ccc(CNC(=O)c2n[nH]cc2NC(N)=O)cc1. The Kier molecular flexibility index (Phi) is 4.39. The molecule has 21 heavy (non-hydrogen) atoms. The van der Waals surface area contributed by atoms with Crippen molar-refractivity contribution in [2.45, 2.75) is 6.54 Å². The Morgan fingerprint density at radius 2 is 2.05 bits per heavy atom. The first-order chi connectivity index (χ1) is 10.1. The summed E-state index contributed by atoms with van der Waals surface area (Å²) in [5.41, 5.74) is 6.22. The van der Waals surface area contributed by atoms with Crippen molar-refractivity contribution in [2.75, 3.05) is 12.4 Å². The van der Waals surface area contributed by atoms with Crippen LogP contribution < -0.4 is 21.1 Å². The van der Waals surface area contributed by atoms with Crippen LogP contribution in [-0.4, -0.2) is 29.2 Å². The number of urea groups is 1. The summed E-state index contributed by atoms with van der Waals surface area (Å²) >= 11 is 0. The van der Waals surface area contributed by atoms with Crippen LogP contribution in [0.15, 0.2) is 30.5 Å². The van der Waals surface area contributed by atoms with Gasteiger partial charge in [-0.1, -0.05) is 12.1 Å². The smallest absolute Gasteiger partial charge is 0.316 e. The lowest BCUT2D eigenvalue weighted by Gasteiger charge is -2.06. The molecule has 0 spiro atoms. The number of H-pyrrole nitrogens is 1. The van der Waals surface area contributed by atoms with Crippen molar-refractivity contribution in [3.63, 3.8) is 0 Å². The van der Waals surface area contributed by atoms with Crippen molar-refractivity contribution in [3.05, 3.63) is 41.7 Å². The highest BCUT2D eigenvalue weighted by Gasteiger charge is 2.15. The number of aromatic nitrogens is 2. The van der Waals surface area contributed by atoms with E-state index in [1.54, 1.807) is 19.2 Å². The quantitative estimate of drug-likeness (QED) is 0.651. The second-order valence-corrected chi connectivity index (χ2v) is 4.17. The topological polar surface area (TPSA) is 122 Å². The number of rotatable bonds is 5. The predicted octanol–water partition coefficient (Wildman–Crippen LogP) is 0.839. The van der Waals surface area contributed by atoms with E-state index >= 15 is 0 Å². The number of aromatic amines is 1. The summed E-state index contributed by atoms with van der Waals surface area (Å²) in [5, 5.41) is 11.3. The molecule has 0 atom stereocenters. The fourth-order valence-corrected chi connectivity index (χ4v) is 1.70. The standard InChI is InChI=1S/C13H15N5O3/c1-21-9-4-2-8(3-5-9)6-15-12(19)11-10(7-16-18-11)17-13(14)20/h2-5,7H,6H2,1H3,(H,15,19)(H,16,18)(H3,14,17,20). The fraction of sp³-hybridized carbons (Fsp3) is 0.154. The normalized spacial score (nSPS) is 9.95. The fourth-order valence-electron chi connectivity index (χ4n) is 1.70. The molecule has 1 heterocycles. The minimum absolute atomic E-state index is 0.0716. The largest absolute Gasteiger partial charge is 0.497 e. The average Bonchev–Trinajstić information content (AvgIpc) is 2.92. The second-order valence-electron chi connectivity index (χ2n) is 4.17. The highest BCUT2D eigenvalue weighted by molar-refractivity contribution is 6.01. The van der Waals surface area contributed by atoms with Gasteiger partial charge in [0.2, 0.25) is 0 Å². The van der Waals surface area contributed by atoms with Crippen LogP contribution in [-0.2, 0) is 6.54 Å². The van der Waals surface area contributed by atoms with Gasteiger partial charge in [-0.15, -0.1) is 0 Å². The highest BCUT2D eigenvalue weighted by atomic mass is 16.5. The van der Waals surface area contributed by atoms with Gasteiger partial charge in [0, 0.05) is 12.7 Å². The third-order valence-electron chi connectivity index (χ3n) is 2.73. The summed E-state index contributed by atoms with van der Waals surface area (Å²) in [6.07, 6.45) is 1.38. The highest BCUT2D eigenvalue weighted by Crippen LogP contribution is 2.13. The molecular weight excluding hydrogens is 274 g/mol. The summed E-state index contributed by atoms with van der Waals surface area (Å²) in [5.74, 6) is 0.321. The van der Waals surface area contributed by atoms with Crippen molar-refractivity contribution in [2.24, 2.45) is 5.73 Å². The number of ether oxygens (including phenoxy) is 1. The molecule has 2 rings (SSSR count). The molecule has 1 aromatic heterocycles. The molecule has 1 aromatic carbocycles. The zero-order valence-electron chi connectivity index (χ0n) is 11.3. The lowest BCUT2D eigenvalue weighted by Crippen LogP contribution is -2.26. The molecule has 3 amide bonds. The minimum atomic E-state index is -0.763. The predicted molar refractivity (Wildman–Crippen MR) is 76.0 cm³/mol. The second kappa shape index (κ2) is 6.42. The van der Waals surface area contributed by atoms with E-state index in [-0.39, 0.29) is 11.4 Å². The number of amides is 3. The Morgan fingerprint density at radius 3 is 2.67 bits per heavy atom. The molecule has 5 N–H and O–H groups in total. The van der Waals surface area contributed by atoms with Crippen molar-refractivity contribution in [3.8, 4) is 5.75 Å². The Labute approximate surface area is 120 Å². The van der Waals surface area contributed by atoms with Gasteiger partial charge < -0.3 is 21.1 Å². The maximum atomic E-state index is 12.0. The summed E-state index contributed by atoms with van der Waals surface area (Å²) in [4.78, 5) is 22.8. The first kappa shape index (κ1) is 14.4. The number of benzene rings is 1. The average molecular weight is 289 g/mol. The van der Waals surface area contributed by atoms with Crippen LogP contribution in [0.2, 0.25) is 0 Å². The summed E-state index contributed by atoms with van der Waals surface area (Å²) < 4.78 is 5.05. The third kappa shape index (κ3) is 3.72. The van der Waals surface area contributed by atoms with E-state index in [0.29, 0.717) is 6.54 Å². The van der Waals surface area contributed by atoms with Crippen LogP contribution in [0, 0.1) is 0 Å². The Bertz CT molecular complexity index is 636. The number of methoxy groups -OCH3 is 1. The van der Waals surface area contributed by atoms with E-state index in [9.17, 15) is 9.59 Å². The zero-order chi connectivity index (χ0) is 15.2. The number of hydrogen-bond acceptors (Lipinski definition) is 4. The summed E-state index contributed by atoms with van der Waals surface area (Å²) in [6.45, 7) is 0.325. The van der Waals surface area contributed by atoms with Gasteiger partial charge in [-0.2, -0.15) is 5.10 Å². The lowest BCUT2D eigenvalue weighted by atomic mass is 10.2. The van der Waals surface area contributed by atoms with Crippen LogP contribution in [0.5, 0.6) is 5.75 Å². The molecule has 0 aliphatic rings. The van der Waals surface area contributed by atoms with Gasteiger partial charge in [-0.25, -0.2) is 4.79 Å². The molecule has 110 valence electrons. The number of carbonyl (C=O) groups is 2. The molecule has 2 aromatic rings. The molecule has 0 unspecified atom stereocenters. The van der Waals surface area contributed by atoms with E-state index in [4.69, 9.17) is 10.5 Å². The molecule has 0 saturated heterocycles. The van der Waals surface area contributed by atoms with Crippen LogP contribution in [0.4, 0.5) is 10.5 Å². The summed E-state index contributed by atoms with van der Waals surface area (Å²) in [7, 11) is 1.58. The van der Waals surface area contributed by atoms with E-state index in [1.165, 1.54) is 6.20 Å². The number of nitrogens with one attached hydrogen (secondary N) is 3. The number of nitrogens with zero attached hydrogens (tertiary/aromatic N) is 1. The molecule has 0 radical (unpaired) electrons. The van der Waals surface area contributed by atoms with E-state index in [2.05, 4.69) is 20.8 Å². The van der Waals surface area contributed by atoms with E-state index in [1.807, 2.05) is 12.1 Å². The Morgan fingerprint density at radius 1 is 1.33 bits per heavy atom. The number of nitrogens with two attached hydrogens (primary N) is 1. The molecule has 0 fully saturated rings. The van der Waals surface area contributed by atoms with Gasteiger partial charge in [0.25, 0.3) is 5.91 Å². The zero-order valence-corrected chi connectivity index (χ0v) is 11.3. The first-order valence-electron chi connectivity index (χ1n) is 6.11. The third-order valence-corrected chi connectivity index (χ3v) is 2.73. The van der Waals surface area contributed by atoms with Gasteiger partial charge in [0.1, 0.15) is 5.75 Å². The van der Waals surface area contributed by atoms with Crippen molar-refractivity contribution < 1.29 is 14.3 Å². The molecule has 0 aliphatic carbocycles. The van der Waals surface area contributed by atoms with Gasteiger partial charge in [0.05, 0.1) is 12.8 Å². The first-order valence-corrected chi connectivity index (χ1v) is 6.11. The molecule has 8 heteroatoms. The number of anilines is 1.